The van der Waals surface area contributed by atoms with Crippen molar-refractivity contribution in [2.75, 3.05) is 20.2 Å². The number of nitrogens with two attached hydrogens (primary N) is 1. The average Bonchev–Trinajstić information content (AvgIpc) is 2.46. The molecule has 2 N–H and O–H groups in total. The summed E-state index contributed by atoms with van der Waals surface area (Å²) >= 11 is 0. The van der Waals surface area contributed by atoms with Gasteiger partial charge < -0.3 is 15.4 Å². The fraction of sp³-hybridized carbons (Fsp3) is 0.533. The molecule has 1 fully saturated rings. The number of hydrogen-bond acceptors (Lipinski definition) is 3. The largest absolute Gasteiger partial charge is 0.497 e. The van der Waals surface area contributed by atoms with Gasteiger partial charge in [-0.2, -0.15) is 0 Å². The Morgan fingerprint density at radius 1 is 1.40 bits per heavy atom. The Bertz CT molecular complexity index is 443. The fourth-order valence-electron chi connectivity index (χ4n) is 2.57. The number of benzene rings is 1. The first-order chi connectivity index (χ1) is 9.11. The number of amides is 1. The van der Waals surface area contributed by atoms with Gasteiger partial charge in [-0.05, 0) is 43.9 Å². The maximum Gasteiger partial charge on any atom is 0.253 e. The molecule has 0 aromatic heterocycles. The number of nitrogens with zero attached hydrogens (tertiary/aromatic N) is 1. The van der Waals surface area contributed by atoms with Gasteiger partial charge in [0.1, 0.15) is 5.75 Å². The summed E-state index contributed by atoms with van der Waals surface area (Å²) < 4.78 is 5.15. The van der Waals surface area contributed by atoms with Gasteiger partial charge in [0, 0.05) is 24.7 Å². The molecule has 1 atom stereocenters. The Morgan fingerprint density at radius 2 is 2.05 bits per heavy atom. The number of methoxy groups -OCH3 is 1. The number of halogens is 1. The minimum Gasteiger partial charge on any atom is -0.497 e. The zero-order chi connectivity index (χ0) is 13.8. The van der Waals surface area contributed by atoms with Crippen molar-refractivity contribution >= 4 is 18.3 Å². The van der Waals surface area contributed by atoms with Crippen LogP contribution in [0, 0.1) is 5.92 Å². The summed E-state index contributed by atoms with van der Waals surface area (Å²) in [5.74, 6) is 1.34. The van der Waals surface area contributed by atoms with E-state index < -0.39 is 0 Å². The van der Waals surface area contributed by atoms with Crippen LogP contribution >= 0.6 is 12.4 Å². The second-order valence-electron chi connectivity index (χ2n) is 5.22. The number of likely N-dealkylation sites (tertiary alicyclic amines) is 1. The van der Waals surface area contributed by atoms with E-state index in [1.54, 1.807) is 13.2 Å². The van der Waals surface area contributed by atoms with Crippen molar-refractivity contribution in [3.8, 4) is 5.75 Å². The average molecular weight is 299 g/mol. The van der Waals surface area contributed by atoms with Crippen LogP contribution < -0.4 is 10.5 Å². The van der Waals surface area contributed by atoms with Crippen molar-refractivity contribution in [3.63, 3.8) is 0 Å². The summed E-state index contributed by atoms with van der Waals surface area (Å²) in [4.78, 5) is 14.3. The van der Waals surface area contributed by atoms with Crippen LogP contribution in [0.3, 0.4) is 0 Å². The topological polar surface area (TPSA) is 55.6 Å². The summed E-state index contributed by atoms with van der Waals surface area (Å²) in [5.41, 5.74) is 6.61. The fourth-order valence-corrected chi connectivity index (χ4v) is 2.57. The first-order valence-electron chi connectivity index (χ1n) is 6.80. The molecule has 112 valence electrons. The van der Waals surface area contributed by atoms with Gasteiger partial charge in [-0.25, -0.2) is 0 Å². The zero-order valence-electron chi connectivity index (χ0n) is 12.0. The highest BCUT2D eigenvalue weighted by atomic mass is 35.5. The normalized spacial score (nSPS) is 17.2. The van der Waals surface area contributed by atoms with Crippen LogP contribution in [0.1, 0.15) is 30.1 Å². The lowest BCUT2D eigenvalue weighted by Gasteiger charge is -2.33. The third-order valence-corrected chi connectivity index (χ3v) is 3.89. The van der Waals surface area contributed by atoms with Crippen LogP contribution in [0.4, 0.5) is 0 Å². The molecule has 5 heteroatoms. The number of rotatable bonds is 3. The summed E-state index contributed by atoms with van der Waals surface area (Å²) in [6, 6.07) is 7.54. The molecular formula is C15H23ClN2O2. The van der Waals surface area contributed by atoms with E-state index in [2.05, 4.69) is 0 Å². The van der Waals surface area contributed by atoms with Crippen molar-refractivity contribution in [3.05, 3.63) is 29.8 Å². The SMILES string of the molecule is COc1cccc(C(=O)N2CCC(C(C)N)CC2)c1.Cl. The van der Waals surface area contributed by atoms with Crippen molar-refractivity contribution in [1.82, 2.24) is 4.90 Å². The zero-order valence-corrected chi connectivity index (χ0v) is 12.9. The molecule has 1 aliphatic heterocycles. The predicted molar refractivity (Wildman–Crippen MR) is 82.5 cm³/mol. The number of piperidine rings is 1. The molecule has 0 radical (unpaired) electrons. The molecule has 1 unspecified atom stereocenters. The lowest BCUT2D eigenvalue weighted by molar-refractivity contribution is 0.0680. The van der Waals surface area contributed by atoms with Crippen molar-refractivity contribution in [2.24, 2.45) is 11.7 Å². The predicted octanol–water partition coefficient (Wildman–Crippen LogP) is 2.32. The number of carbonyl (C=O) groups excluding carboxylic acids is 1. The van der Waals surface area contributed by atoms with Crippen LogP contribution in [0.25, 0.3) is 0 Å². The van der Waals surface area contributed by atoms with E-state index in [1.807, 2.05) is 30.0 Å². The van der Waals surface area contributed by atoms with Gasteiger partial charge in [-0.3, -0.25) is 4.79 Å². The maximum absolute atomic E-state index is 12.4. The molecule has 1 aromatic carbocycles. The number of ether oxygens (including phenoxy) is 1. The highest BCUT2D eigenvalue weighted by Crippen LogP contribution is 2.22. The summed E-state index contributed by atoms with van der Waals surface area (Å²) in [6.45, 7) is 3.63. The molecule has 1 amide bonds. The van der Waals surface area contributed by atoms with Gasteiger partial charge in [-0.15, -0.1) is 12.4 Å². The highest BCUT2D eigenvalue weighted by Gasteiger charge is 2.25. The van der Waals surface area contributed by atoms with E-state index in [0.717, 1.165) is 31.7 Å². The smallest absolute Gasteiger partial charge is 0.253 e. The van der Waals surface area contributed by atoms with Crippen LogP contribution in [-0.4, -0.2) is 37.0 Å². The monoisotopic (exact) mass is 298 g/mol. The third kappa shape index (κ3) is 3.87. The minimum atomic E-state index is 0. The molecule has 2 rings (SSSR count). The third-order valence-electron chi connectivity index (χ3n) is 3.89. The first-order valence-corrected chi connectivity index (χ1v) is 6.80. The van der Waals surface area contributed by atoms with Gasteiger partial charge in [0.05, 0.1) is 7.11 Å². The lowest BCUT2D eigenvalue weighted by atomic mass is 9.90. The summed E-state index contributed by atoms with van der Waals surface area (Å²) in [7, 11) is 1.61. The van der Waals surface area contributed by atoms with E-state index in [9.17, 15) is 4.79 Å². The van der Waals surface area contributed by atoms with Crippen LogP contribution in [-0.2, 0) is 0 Å². The van der Waals surface area contributed by atoms with Gasteiger partial charge in [0.25, 0.3) is 5.91 Å². The Morgan fingerprint density at radius 3 is 2.60 bits per heavy atom. The maximum atomic E-state index is 12.4. The van der Waals surface area contributed by atoms with E-state index in [4.69, 9.17) is 10.5 Å². The van der Waals surface area contributed by atoms with Gasteiger partial charge in [0.2, 0.25) is 0 Å². The Balaban J connectivity index is 0.00000200. The van der Waals surface area contributed by atoms with Crippen LogP contribution in [0.2, 0.25) is 0 Å². The van der Waals surface area contributed by atoms with Gasteiger partial charge in [0.15, 0.2) is 0 Å². The van der Waals surface area contributed by atoms with E-state index in [0.29, 0.717) is 11.5 Å². The quantitative estimate of drug-likeness (QED) is 0.932. The molecule has 20 heavy (non-hydrogen) atoms. The second kappa shape index (κ2) is 7.50. The summed E-state index contributed by atoms with van der Waals surface area (Å²) in [5, 5.41) is 0. The van der Waals surface area contributed by atoms with Crippen molar-refractivity contribution in [2.45, 2.75) is 25.8 Å². The highest BCUT2D eigenvalue weighted by molar-refractivity contribution is 5.94. The lowest BCUT2D eigenvalue weighted by Crippen LogP contribution is -2.42. The molecule has 0 bridgehead atoms. The minimum absolute atomic E-state index is 0. The molecule has 1 saturated heterocycles. The van der Waals surface area contributed by atoms with Crippen LogP contribution in [0.5, 0.6) is 5.75 Å². The van der Waals surface area contributed by atoms with Crippen molar-refractivity contribution < 1.29 is 9.53 Å². The Labute approximate surface area is 126 Å². The first kappa shape index (κ1) is 16.8. The Hall–Kier alpha value is -1.26. The number of hydrogen-bond donors (Lipinski definition) is 1. The van der Waals surface area contributed by atoms with E-state index in [1.165, 1.54) is 0 Å². The molecule has 0 saturated carbocycles. The number of carbonyl (C=O) groups is 1. The standard InChI is InChI=1S/C15H22N2O2.ClH/c1-11(16)12-6-8-17(9-7-12)15(18)13-4-3-5-14(10-13)19-2;/h3-5,10-12H,6-9,16H2,1-2H3;1H. The molecule has 1 aromatic rings. The molecule has 0 aliphatic carbocycles. The Kier molecular flexibility index (Phi) is 6.30. The van der Waals surface area contributed by atoms with E-state index >= 15 is 0 Å². The molecule has 1 heterocycles. The van der Waals surface area contributed by atoms with Gasteiger partial charge >= 0.3 is 0 Å². The molecule has 4 nitrogen and oxygen atoms in total. The van der Waals surface area contributed by atoms with E-state index in [-0.39, 0.29) is 24.4 Å². The van der Waals surface area contributed by atoms with Crippen LogP contribution in [0.15, 0.2) is 24.3 Å². The second-order valence-corrected chi connectivity index (χ2v) is 5.22. The van der Waals surface area contributed by atoms with Crippen molar-refractivity contribution in [1.29, 1.82) is 0 Å². The molecule has 1 aliphatic rings. The molecule has 0 spiro atoms. The molecular weight excluding hydrogens is 276 g/mol. The van der Waals surface area contributed by atoms with Gasteiger partial charge in [-0.1, -0.05) is 6.07 Å². The summed E-state index contributed by atoms with van der Waals surface area (Å²) in [6.07, 6.45) is 1.99.